The van der Waals surface area contributed by atoms with Crippen LogP contribution >= 0.6 is 11.8 Å². The largest absolute Gasteiger partial charge is 0.467 e. The third-order valence-corrected chi connectivity index (χ3v) is 6.42. The fourth-order valence-electron chi connectivity index (χ4n) is 3.52. The molecule has 33 heavy (non-hydrogen) atoms. The van der Waals surface area contributed by atoms with Gasteiger partial charge in [0.25, 0.3) is 11.8 Å². The van der Waals surface area contributed by atoms with Crippen molar-refractivity contribution in [1.29, 1.82) is 0 Å². The molecule has 0 aliphatic carbocycles. The lowest BCUT2D eigenvalue weighted by atomic mass is 10.1. The second kappa shape index (κ2) is 10.2. The second-order valence-electron chi connectivity index (χ2n) is 7.38. The maximum Gasteiger partial charge on any atom is 0.255 e. The molecule has 1 aromatic heterocycles. The van der Waals surface area contributed by atoms with E-state index in [2.05, 4.69) is 17.2 Å². The molecule has 8 heteroatoms. The topological polar surface area (TPSA) is 91.7 Å². The van der Waals surface area contributed by atoms with E-state index in [1.807, 2.05) is 18.2 Å². The summed E-state index contributed by atoms with van der Waals surface area (Å²) in [7, 11) is 0. The van der Waals surface area contributed by atoms with Gasteiger partial charge in [0.1, 0.15) is 11.1 Å². The lowest BCUT2D eigenvalue weighted by molar-refractivity contribution is -0.128. The highest BCUT2D eigenvalue weighted by Gasteiger charge is 2.33. The fraction of sp³-hybridized carbons (Fsp3) is 0.160. The number of nitrogens with zero attached hydrogens (tertiary/aromatic N) is 1. The van der Waals surface area contributed by atoms with Gasteiger partial charge in [-0.15, -0.1) is 18.3 Å². The molecule has 0 saturated carbocycles. The molecule has 0 radical (unpaired) electrons. The predicted molar refractivity (Wildman–Crippen MR) is 128 cm³/mol. The number of furan rings is 1. The van der Waals surface area contributed by atoms with Crippen LogP contribution in [0.15, 0.2) is 84.0 Å². The molecule has 4 rings (SSSR count). The van der Waals surface area contributed by atoms with Gasteiger partial charge in [0.15, 0.2) is 0 Å². The van der Waals surface area contributed by atoms with Crippen molar-refractivity contribution in [1.82, 2.24) is 10.2 Å². The number of thioether (sulfide) groups is 1. The van der Waals surface area contributed by atoms with Crippen LogP contribution in [-0.2, 0) is 11.3 Å². The van der Waals surface area contributed by atoms with E-state index in [-0.39, 0.29) is 23.1 Å². The van der Waals surface area contributed by atoms with Gasteiger partial charge in [-0.2, -0.15) is 0 Å². The van der Waals surface area contributed by atoms with Crippen LogP contribution in [0.25, 0.3) is 0 Å². The molecule has 1 aliphatic heterocycles. The molecule has 7 nitrogen and oxygen atoms in total. The van der Waals surface area contributed by atoms with E-state index in [0.29, 0.717) is 35.7 Å². The zero-order chi connectivity index (χ0) is 23.2. The lowest BCUT2D eigenvalue weighted by Crippen LogP contribution is -2.27. The minimum atomic E-state index is -0.326. The molecule has 2 heterocycles. The first-order valence-electron chi connectivity index (χ1n) is 10.4. The number of nitrogens with one attached hydrogen (secondary N) is 2. The van der Waals surface area contributed by atoms with Crippen LogP contribution in [0.2, 0.25) is 0 Å². The molecule has 0 unspecified atom stereocenters. The summed E-state index contributed by atoms with van der Waals surface area (Å²) in [6.45, 7) is 4.32. The molecule has 1 atom stereocenters. The first kappa shape index (κ1) is 22.4. The van der Waals surface area contributed by atoms with Crippen LogP contribution < -0.4 is 10.6 Å². The first-order chi connectivity index (χ1) is 16.1. The van der Waals surface area contributed by atoms with Gasteiger partial charge < -0.3 is 20.0 Å². The van der Waals surface area contributed by atoms with Gasteiger partial charge in [-0.05, 0) is 42.0 Å². The average Bonchev–Trinajstić information content (AvgIpc) is 3.48. The normalized spacial score (nSPS) is 15.3. The minimum absolute atomic E-state index is 0.0505. The molecule has 2 N–H and O–H groups in total. The van der Waals surface area contributed by atoms with Gasteiger partial charge in [0.2, 0.25) is 5.91 Å². The number of anilines is 1. The second-order valence-corrected chi connectivity index (χ2v) is 8.45. The van der Waals surface area contributed by atoms with Gasteiger partial charge in [-0.3, -0.25) is 14.4 Å². The molecule has 3 amide bonds. The van der Waals surface area contributed by atoms with E-state index >= 15 is 0 Å². The Hall–Kier alpha value is -3.78. The Labute approximate surface area is 195 Å². The highest BCUT2D eigenvalue weighted by Crippen LogP contribution is 2.39. The summed E-state index contributed by atoms with van der Waals surface area (Å²) in [5, 5.41) is 5.38. The number of hydrogen-bond donors (Lipinski definition) is 2. The van der Waals surface area contributed by atoms with E-state index < -0.39 is 0 Å². The number of hydrogen-bond acceptors (Lipinski definition) is 5. The maximum absolute atomic E-state index is 12.8. The Bertz CT molecular complexity index is 1160. The molecule has 168 valence electrons. The summed E-state index contributed by atoms with van der Waals surface area (Å²) in [5.41, 5.74) is 2.18. The number of carbonyl (C=O) groups excluding carboxylic acids is 3. The molecule has 1 saturated heterocycles. The third-order valence-electron chi connectivity index (χ3n) is 5.16. The smallest absolute Gasteiger partial charge is 0.255 e. The molecule has 1 fully saturated rings. The molecule has 2 aromatic carbocycles. The van der Waals surface area contributed by atoms with Crippen LogP contribution in [-0.4, -0.2) is 34.9 Å². The van der Waals surface area contributed by atoms with Crippen molar-refractivity contribution in [2.75, 3.05) is 17.6 Å². The van der Waals surface area contributed by atoms with Gasteiger partial charge >= 0.3 is 0 Å². The number of para-hydroxylation sites is 1. The predicted octanol–water partition coefficient (Wildman–Crippen LogP) is 4.22. The van der Waals surface area contributed by atoms with Gasteiger partial charge in [-0.25, -0.2) is 0 Å². The Morgan fingerprint density at radius 1 is 1.09 bits per heavy atom. The number of carbonyl (C=O) groups is 3. The van der Waals surface area contributed by atoms with Crippen LogP contribution in [0.5, 0.6) is 0 Å². The van der Waals surface area contributed by atoms with E-state index in [1.165, 1.54) is 0 Å². The first-order valence-corrected chi connectivity index (χ1v) is 11.4. The van der Waals surface area contributed by atoms with Crippen molar-refractivity contribution in [3.8, 4) is 0 Å². The average molecular weight is 462 g/mol. The van der Waals surface area contributed by atoms with E-state index in [1.54, 1.807) is 71.5 Å². The zero-order valence-electron chi connectivity index (χ0n) is 17.8. The quantitative estimate of drug-likeness (QED) is 0.490. The zero-order valence-corrected chi connectivity index (χ0v) is 18.6. The maximum atomic E-state index is 12.8. The summed E-state index contributed by atoms with van der Waals surface area (Å²) < 4.78 is 5.39. The fourth-order valence-corrected chi connectivity index (χ4v) is 4.70. The van der Waals surface area contributed by atoms with E-state index in [4.69, 9.17) is 4.42 Å². The number of rotatable bonds is 8. The Morgan fingerprint density at radius 2 is 1.88 bits per heavy atom. The number of benzene rings is 2. The monoisotopic (exact) mass is 461 g/mol. The Balaban J connectivity index is 1.46. The Kier molecular flexibility index (Phi) is 6.95. The summed E-state index contributed by atoms with van der Waals surface area (Å²) in [6, 6.07) is 17.6. The molecule has 0 spiro atoms. The van der Waals surface area contributed by atoms with E-state index in [0.717, 1.165) is 11.3 Å². The van der Waals surface area contributed by atoms with Crippen LogP contribution in [0, 0.1) is 0 Å². The van der Waals surface area contributed by atoms with Crippen molar-refractivity contribution >= 4 is 35.2 Å². The SMILES string of the molecule is C=CCNC(=O)c1ccccc1NC(=O)c1ccc([C@@H]2SCC(=O)N2Cc2ccco2)cc1. The van der Waals surface area contributed by atoms with Gasteiger partial charge in [-0.1, -0.05) is 30.3 Å². The van der Waals surface area contributed by atoms with Crippen LogP contribution in [0.4, 0.5) is 5.69 Å². The van der Waals surface area contributed by atoms with E-state index in [9.17, 15) is 14.4 Å². The van der Waals surface area contributed by atoms with Crippen LogP contribution in [0.1, 0.15) is 37.4 Å². The number of amides is 3. The molecule has 0 bridgehead atoms. The highest BCUT2D eigenvalue weighted by atomic mass is 32.2. The van der Waals surface area contributed by atoms with Crippen molar-refractivity contribution in [3.63, 3.8) is 0 Å². The third kappa shape index (κ3) is 5.18. The van der Waals surface area contributed by atoms with Crippen molar-refractivity contribution in [2.24, 2.45) is 0 Å². The summed E-state index contributed by atoms with van der Waals surface area (Å²) in [5.74, 6) is 0.559. The van der Waals surface area contributed by atoms with Crippen molar-refractivity contribution in [3.05, 3.63) is 102 Å². The molecular formula is C25H23N3O4S. The van der Waals surface area contributed by atoms with Gasteiger partial charge in [0.05, 0.1) is 29.8 Å². The molecule has 3 aromatic rings. The standard InChI is InChI=1S/C25H23N3O4S/c1-2-13-26-24(31)20-7-3-4-8-21(20)27-23(30)17-9-11-18(12-10-17)25-28(22(29)16-33-25)15-19-6-5-14-32-19/h2-12,14,25H,1,13,15-16H2,(H,26,31)(H,27,30)/t25-/m0/s1. The highest BCUT2D eigenvalue weighted by molar-refractivity contribution is 8.00. The summed E-state index contributed by atoms with van der Waals surface area (Å²) >= 11 is 1.54. The van der Waals surface area contributed by atoms with Gasteiger partial charge in [0, 0.05) is 12.1 Å². The molecular weight excluding hydrogens is 438 g/mol. The van der Waals surface area contributed by atoms with Crippen LogP contribution in [0.3, 0.4) is 0 Å². The molecule has 1 aliphatic rings. The van der Waals surface area contributed by atoms with Crippen molar-refractivity contribution in [2.45, 2.75) is 11.9 Å². The summed E-state index contributed by atoms with van der Waals surface area (Å²) in [4.78, 5) is 39.3. The lowest BCUT2D eigenvalue weighted by Gasteiger charge is -2.23. The Morgan fingerprint density at radius 3 is 2.61 bits per heavy atom. The van der Waals surface area contributed by atoms with Crippen molar-refractivity contribution < 1.29 is 18.8 Å². The summed E-state index contributed by atoms with van der Waals surface area (Å²) in [6.07, 6.45) is 3.18. The minimum Gasteiger partial charge on any atom is -0.467 e.